The minimum atomic E-state index is -1.77. The Morgan fingerprint density at radius 1 is 0.913 bits per heavy atom. The number of amidine groups is 1. The molecule has 1 aliphatic heterocycles. The molecule has 0 N–H and O–H groups in total. The van der Waals surface area contributed by atoms with Gasteiger partial charge in [0, 0.05) is 45.0 Å². The van der Waals surface area contributed by atoms with Crippen LogP contribution in [-0.2, 0) is 28.9 Å². The first-order valence-electron chi connectivity index (χ1n) is 23.1. The third kappa shape index (κ3) is 12.5. The van der Waals surface area contributed by atoms with Gasteiger partial charge in [-0.05, 0) is 108 Å². The molecule has 16 nitrogen and oxygen atoms in total. The van der Waals surface area contributed by atoms with E-state index in [0.29, 0.717) is 28.6 Å². The molecule has 3 aromatic carbocycles. The summed E-state index contributed by atoms with van der Waals surface area (Å²) >= 11 is 0. The number of hydrogen-bond donors (Lipinski definition) is 0. The number of aliphatic imine (C=N–C) groups is 1. The summed E-state index contributed by atoms with van der Waals surface area (Å²) in [4.78, 5) is 39.1. The normalized spacial score (nSPS) is 17.0. The number of ether oxygens (including phenoxy) is 5. The molecule has 69 heavy (non-hydrogen) atoms. The van der Waals surface area contributed by atoms with E-state index >= 15 is 0 Å². The topological polar surface area (TPSA) is 164 Å². The predicted molar refractivity (Wildman–Crippen MR) is 267 cm³/mol. The van der Waals surface area contributed by atoms with Crippen molar-refractivity contribution in [3.8, 4) is 28.8 Å². The number of methoxy groups -OCH3 is 2. The van der Waals surface area contributed by atoms with Gasteiger partial charge in [-0.15, -0.1) is 0 Å². The summed E-state index contributed by atoms with van der Waals surface area (Å²) in [7, 11) is 5.16. The maximum atomic E-state index is 14.4. The SMILES string of the molecule is COc1ccc(C(OC[C@H]2O[C@@H](n3cc(-c4cccn4C(=O)OC(C)(C)C)c(N=C(C)N(C)C)nc3=O)C[C@@H]2OP(OCCC#N)N(C(C)C)C(C)C)(c2ccccc2)c2ccc(OC)cc2)cc1. The van der Waals surface area contributed by atoms with Gasteiger partial charge in [-0.25, -0.2) is 19.3 Å². The van der Waals surface area contributed by atoms with Crippen LogP contribution in [0.5, 0.6) is 11.5 Å². The molecule has 0 bridgehead atoms. The van der Waals surface area contributed by atoms with Crippen molar-refractivity contribution in [3.05, 3.63) is 131 Å². The number of carbonyl (C=O) groups is 1. The van der Waals surface area contributed by atoms with E-state index in [0.717, 1.165) is 16.7 Å². The zero-order valence-corrected chi connectivity index (χ0v) is 42.7. The van der Waals surface area contributed by atoms with Crippen molar-refractivity contribution in [1.82, 2.24) is 23.7 Å². The van der Waals surface area contributed by atoms with E-state index in [-0.39, 0.29) is 44.0 Å². The smallest absolute Gasteiger partial charge is 0.418 e. The van der Waals surface area contributed by atoms with Crippen LogP contribution in [0.1, 0.15) is 91.1 Å². The van der Waals surface area contributed by atoms with Gasteiger partial charge < -0.3 is 37.6 Å². The van der Waals surface area contributed by atoms with Crippen LogP contribution in [0.4, 0.5) is 10.6 Å². The van der Waals surface area contributed by atoms with Gasteiger partial charge in [0.15, 0.2) is 5.82 Å². The molecule has 1 saturated heterocycles. The summed E-state index contributed by atoms with van der Waals surface area (Å²) in [6, 6.07) is 31.1. The van der Waals surface area contributed by atoms with Gasteiger partial charge in [0.2, 0.25) is 0 Å². The molecular formula is C52H66N7O9P. The highest BCUT2D eigenvalue weighted by atomic mass is 31.2. The highest BCUT2D eigenvalue weighted by Gasteiger charge is 2.45. The number of benzene rings is 3. The molecule has 0 spiro atoms. The van der Waals surface area contributed by atoms with Crippen LogP contribution in [0.3, 0.4) is 0 Å². The molecule has 1 aliphatic rings. The lowest BCUT2D eigenvalue weighted by Crippen LogP contribution is -2.39. The maximum Gasteiger partial charge on any atom is 0.418 e. The van der Waals surface area contributed by atoms with Crippen LogP contribution in [-0.4, -0.2) is 107 Å². The van der Waals surface area contributed by atoms with Crippen LogP contribution < -0.4 is 15.2 Å². The van der Waals surface area contributed by atoms with E-state index in [1.54, 1.807) is 71.3 Å². The first kappa shape index (κ1) is 52.5. The van der Waals surface area contributed by atoms with Crippen LogP contribution in [0.25, 0.3) is 11.3 Å². The highest BCUT2D eigenvalue weighted by Crippen LogP contribution is 2.51. The Hall–Kier alpha value is -5.92. The van der Waals surface area contributed by atoms with Crippen molar-refractivity contribution in [2.75, 3.05) is 41.5 Å². The van der Waals surface area contributed by atoms with Crippen LogP contribution in [0, 0.1) is 11.3 Å². The van der Waals surface area contributed by atoms with Crippen LogP contribution in [0.2, 0.25) is 0 Å². The summed E-state index contributed by atoms with van der Waals surface area (Å²) in [6.07, 6.45) is 0.523. The molecule has 6 rings (SSSR count). The quantitative estimate of drug-likeness (QED) is 0.0253. The van der Waals surface area contributed by atoms with Crippen molar-refractivity contribution in [3.63, 3.8) is 0 Å². The summed E-state index contributed by atoms with van der Waals surface area (Å²) in [5, 5.41) is 9.52. The fourth-order valence-corrected chi connectivity index (χ4v) is 9.84. The molecule has 0 amide bonds. The van der Waals surface area contributed by atoms with Crippen molar-refractivity contribution < 1.29 is 37.5 Å². The van der Waals surface area contributed by atoms with E-state index in [2.05, 4.69) is 43.4 Å². The number of nitriles is 1. The lowest BCUT2D eigenvalue weighted by molar-refractivity contribution is -0.0925. The van der Waals surface area contributed by atoms with Crippen LogP contribution in [0.15, 0.2) is 113 Å². The summed E-state index contributed by atoms with van der Waals surface area (Å²) < 4.78 is 49.8. The van der Waals surface area contributed by atoms with Gasteiger partial charge >= 0.3 is 11.8 Å². The Kier molecular flexibility index (Phi) is 17.6. The highest BCUT2D eigenvalue weighted by molar-refractivity contribution is 7.44. The van der Waals surface area contributed by atoms with Gasteiger partial charge in [-0.3, -0.25) is 9.13 Å². The van der Waals surface area contributed by atoms with Gasteiger partial charge in [-0.2, -0.15) is 10.2 Å². The van der Waals surface area contributed by atoms with Crippen molar-refractivity contribution >= 4 is 26.3 Å². The van der Waals surface area contributed by atoms with Gasteiger partial charge in [0.1, 0.15) is 40.9 Å². The molecule has 17 heteroatoms. The van der Waals surface area contributed by atoms with Crippen molar-refractivity contribution in [2.45, 2.75) is 110 Å². The molecule has 5 aromatic rings. The van der Waals surface area contributed by atoms with E-state index < -0.39 is 49.9 Å². The second kappa shape index (κ2) is 23.1. The zero-order chi connectivity index (χ0) is 50.0. The Morgan fingerprint density at radius 3 is 2.04 bits per heavy atom. The Labute approximate surface area is 407 Å². The summed E-state index contributed by atoms with van der Waals surface area (Å²) in [5.74, 6) is 2.06. The second-order valence-electron chi connectivity index (χ2n) is 18.3. The molecule has 0 aliphatic carbocycles. The van der Waals surface area contributed by atoms with Crippen molar-refractivity contribution in [1.29, 1.82) is 5.26 Å². The molecule has 0 radical (unpaired) electrons. The molecule has 1 fully saturated rings. The maximum absolute atomic E-state index is 14.4. The molecule has 0 saturated carbocycles. The van der Waals surface area contributed by atoms with E-state index in [1.807, 2.05) is 93.0 Å². The fraction of sp³-hybridized carbons (Fsp3) is 0.442. The van der Waals surface area contributed by atoms with Crippen molar-refractivity contribution in [2.24, 2.45) is 4.99 Å². The number of nitrogens with zero attached hydrogens (tertiary/aromatic N) is 7. The van der Waals surface area contributed by atoms with Gasteiger partial charge in [0.25, 0.3) is 8.53 Å². The molecule has 1 unspecified atom stereocenters. The lowest BCUT2D eigenvalue weighted by atomic mass is 9.80. The number of carbonyl (C=O) groups excluding carboxylic acids is 1. The molecule has 368 valence electrons. The van der Waals surface area contributed by atoms with E-state index in [9.17, 15) is 14.9 Å². The number of hydrogen-bond acceptors (Lipinski definition) is 13. The standard InChI is InChI=1S/C52H66N7O9P/c1-35(2)59(36(3)4)69(65-31-17-29-53)68-45-32-47(58-33-43(48(55-49(58)60)54-37(5)56(9)10)44-20-16-30-57(44)50(61)67-51(6,7)8)66-46(45)34-64-52(38-18-14-13-15-19-38,39-21-25-41(62-11)26-22-39)40-23-27-42(63-12)28-24-40/h13-16,18-28,30,33,35-36,45-47H,17,31-32,34H2,1-12H3/t45-,46+,47+,69?/m0/s1. The number of aromatic nitrogens is 3. The molecule has 3 heterocycles. The third-order valence-electron chi connectivity index (χ3n) is 11.5. The molecule has 4 atom stereocenters. The lowest BCUT2D eigenvalue weighted by Gasteiger charge is -2.39. The minimum Gasteiger partial charge on any atom is -0.497 e. The minimum absolute atomic E-state index is 0.0104. The predicted octanol–water partition coefficient (Wildman–Crippen LogP) is 10.1. The molecule has 2 aromatic heterocycles. The van der Waals surface area contributed by atoms with E-state index in [4.69, 9.17) is 37.7 Å². The Balaban J connectivity index is 1.51. The second-order valence-corrected chi connectivity index (χ2v) is 19.7. The first-order valence-corrected chi connectivity index (χ1v) is 24.2. The number of rotatable bonds is 19. The Bertz CT molecular complexity index is 2550. The van der Waals surface area contributed by atoms with Gasteiger partial charge in [-0.1, -0.05) is 54.6 Å². The summed E-state index contributed by atoms with van der Waals surface area (Å²) in [6.45, 7) is 15.6. The monoisotopic (exact) mass is 963 g/mol. The van der Waals surface area contributed by atoms with E-state index in [1.165, 1.54) is 9.13 Å². The molecular weight excluding hydrogens is 898 g/mol. The third-order valence-corrected chi connectivity index (χ3v) is 13.6. The first-order chi connectivity index (χ1) is 32.9. The van der Waals surface area contributed by atoms with Gasteiger partial charge in [0.05, 0.1) is 57.3 Å². The van der Waals surface area contributed by atoms with Crippen LogP contribution >= 0.6 is 8.53 Å². The average Bonchev–Trinajstić information content (AvgIpc) is 3.97. The fourth-order valence-electron chi connectivity index (χ4n) is 8.08. The average molecular weight is 964 g/mol. The largest absolute Gasteiger partial charge is 0.497 e. The summed E-state index contributed by atoms with van der Waals surface area (Å²) in [5.41, 5.74) is 0.683. The Morgan fingerprint density at radius 2 is 1.51 bits per heavy atom. The zero-order valence-electron chi connectivity index (χ0n) is 41.8.